The van der Waals surface area contributed by atoms with Gasteiger partial charge < -0.3 is 19.5 Å². The molecule has 8 nitrogen and oxygen atoms in total. The number of aliphatic carboxylic acids is 1. The lowest BCUT2D eigenvalue weighted by atomic mass is 9.83. The zero-order valence-corrected chi connectivity index (χ0v) is 20.6. The lowest BCUT2D eigenvalue weighted by molar-refractivity contribution is -0.144. The Labute approximate surface area is 206 Å². The van der Waals surface area contributed by atoms with Crippen molar-refractivity contribution in [1.82, 2.24) is 14.8 Å². The van der Waals surface area contributed by atoms with Crippen LogP contribution < -0.4 is 9.47 Å². The molecule has 1 amide bonds. The molecule has 4 rings (SSSR count). The van der Waals surface area contributed by atoms with E-state index in [1.165, 1.54) is 0 Å². The second-order valence-corrected chi connectivity index (χ2v) is 9.33. The molecule has 0 spiro atoms. The number of amides is 1. The van der Waals surface area contributed by atoms with E-state index in [-0.39, 0.29) is 25.2 Å². The number of hydrogen-bond donors (Lipinski definition) is 1. The summed E-state index contributed by atoms with van der Waals surface area (Å²) >= 11 is 0. The van der Waals surface area contributed by atoms with Gasteiger partial charge in [0.15, 0.2) is 11.5 Å². The summed E-state index contributed by atoms with van der Waals surface area (Å²) in [5.74, 6) is -0.574. The van der Waals surface area contributed by atoms with Gasteiger partial charge in [0, 0.05) is 37.9 Å². The third-order valence-corrected chi connectivity index (χ3v) is 6.99. The number of carboxylic acids is 1. The lowest BCUT2D eigenvalue weighted by Gasteiger charge is -2.29. The molecule has 2 aliphatic rings. The van der Waals surface area contributed by atoms with Crippen LogP contribution in [0.4, 0.5) is 0 Å². The van der Waals surface area contributed by atoms with Crippen molar-refractivity contribution in [3.8, 4) is 11.5 Å². The van der Waals surface area contributed by atoms with Gasteiger partial charge in [-0.2, -0.15) is 0 Å². The minimum atomic E-state index is -0.884. The maximum atomic E-state index is 13.4. The third-order valence-electron chi connectivity index (χ3n) is 6.99. The van der Waals surface area contributed by atoms with Crippen LogP contribution in [0.5, 0.6) is 11.5 Å². The van der Waals surface area contributed by atoms with Gasteiger partial charge in [0.2, 0.25) is 12.7 Å². The minimum absolute atomic E-state index is 0.0521. The fourth-order valence-electron chi connectivity index (χ4n) is 5.16. The van der Waals surface area contributed by atoms with Gasteiger partial charge in [0.1, 0.15) is 0 Å². The second-order valence-electron chi connectivity index (χ2n) is 9.33. The number of carbonyl (C=O) groups is 2. The number of hydrogen-bond acceptors (Lipinski definition) is 6. The molecule has 0 bridgehead atoms. The summed E-state index contributed by atoms with van der Waals surface area (Å²) in [6.45, 7) is 6.50. The Balaban J connectivity index is 1.65. The van der Waals surface area contributed by atoms with E-state index in [2.05, 4.69) is 18.8 Å². The van der Waals surface area contributed by atoms with Gasteiger partial charge >= 0.3 is 5.97 Å². The van der Waals surface area contributed by atoms with E-state index >= 15 is 0 Å². The average Bonchev–Trinajstić information content (AvgIpc) is 3.49. The summed E-state index contributed by atoms with van der Waals surface area (Å²) in [7, 11) is 0. The van der Waals surface area contributed by atoms with Crippen molar-refractivity contribution < 1.29 is 24.2 Å². The first-order valence-corrected chi connectivity index (χ1v) is 12.6. The van der Waals surface area contributed by atoms with Gasteiger partial charge in [-0.25, -0.2) is 0 Å². The first-order valence-electron chi connectivity index (χ1n) is 12.6. The Morgan fingerprint density at radius 3 is 2.49 bits per heavy atom. The number of rotatable bonds is 11. The molecular formula is C27H35N3O5. The molecule has 35 heavy (non-hydrogen) atoms. The summed E-state index contributed by atoms with van der Waals surface area (Å²) in [6, 6.07) is 8.88. The first kappa shape index (κ1) is 25.0. The molecule has 0 saturated carbocycles. The number of nitrogens with zero attached hydrogens (tertiary/aromatic N) is 3. The normalized spacial score (nSPS) is 21.3. The van der Waals surface area contributed by atoms with Gasteiger partial charge in [-0.05, 0) is 42.2 Å². The molecule has 188 valence electrons. The van der Waals surface area contributed by atoms with E-state index in [1.807, 2.05) is 40.1 Å². The number of aromatic nitrogens is 1. The molecule has 2 aromatic rings. The summed E-state index contributed by atoms with van der Waals surface area (Å²) in [5.41, 5.74) is 1.68. The Kier molecular flexibility index (Phi) is 8.23. The van der Waals surface area contributed by atoms with E-state index in [0.717, 1.165) is 49.9 Å². The van der Waals surface area contributed by atoms with Crippen molar-refractivity contribution in [3.63, 3.8) is 0 Å². The van der Waals surface area contributed by atoms with Crippen molar-refractivity contribution in [3.05, 3.63) is 53.9 Å². The van der Waals surface area contributed by atoms with E-state index in [4.69, 9.17) is 9.47 Å². The molecule has 0 unspecified atom stereocenters. The van der Waals surface area contributed by atoms with Crippen LogP contribution in [0.1, 0.15) is 62.6 Å². The summed E-state index contributed by atoms with van der Waals surface area (Å²) in [6.07, 6.45) is 7.34. The predicted molar refractivity (Wildman–Crippen MR) is 131 cm³/mol. The molecular weight excluding hydrogens is 446 g/mol. The van der Waals surface area contributed by atoms with Crippen LogP contribution in [-0.2, 0) is 9.59 Å². The Morgan fingerprint density at radius 1 is 1.09 bits per heavy atom. The Morgan fingerprint density at radius 2 is 1.83 bits per heavy atom. The maximum absolute atomic E-state index is 13.4. The van der Waals surface area contributed by atoms with Crippen LogP contribution >= 0.6 is 0 Å². The van der Waals surface area contributed by atoms with Crippen LogP contribution in [0.15, 0.2) is 42.7 Å². The van der Waals surface area contributed by atoms with Crippen LogP contribution in [-0.4, -0.2) is 64.7 Å². The van der Waals surface area contributed by atoms with Crippen LogP contribution in [0, 0.1) is 5.92 Å². The zero-order chi connectivity index (χ0) is 24.8. The molecule has 0 aliphatic carbocycles. The molecule has 8 heteroatoms. The van der Waals surface area contributed by atoms with Gasteiger partial charge in [-0.1, -0.05) is 38.8 Å². The van der Waals surface area contributed by atoms with Gasteiger partial charge in [0.25, 0.3) is 0 Å². The van der Waals surface area contributed by atoms with E-state index in [0.29, 0.717) is 18.0 Å². The predicted octanol–water partition coefficient (Wildman–Crippen LogP) is 4.08. The molecule has 1 fully saturated rings. The van der Waals surface area contributed by atoms with Crippen LogP contribution in [0.2, 0.25) is 0 Å². The van der Waals surface area contributed by atoms with Gasteiger partial charge in [-0.15, -0.1) is 0 Å². The standard InChI is InChI=1S/C27H35N3O5/c1-3-5-12-29(13-6-4-2)24(31)17-30-16-21(19-9-10-22-23(14-19)35-18-34-22)25(27(32)33)26(30)20-8-7-11-28-15-20/h7-11,14-15,21,25-26H,3-6,12-13,16-18H2,1-2H3,(H,32,33)/t21-,25+,26-/m1/s1. The molecule has 1 aromatic carbocycles. The maximum Gasteiger partial charge on any atom is 0.309 e. The fourth-order valence-corrected chi connectivity index (χ4v) is 5.16. The first-order chi connectivity index (χ1) is 17.0. The van der Waals surface area contributed by atoms with Crippen molar-refractivity contribution in [2.45, 2.75) is 51.5 Å². The molecule has 0 radical (unpaired) electrons. The van der Waals surface area contributed by atoms with E-state index in [1.54, 1.807) is 12.4 Å². The number of ether oxygens (including phenoxy) is 2. The second kappa shape index (κ2) is 11.5. The van der Waals surface area contributed by atoms with Crippen molar-refractivity contribution in [2.24, 2.45) is 5.92 Å². The summed E-state index contributed by atoms with van der Waals surface area (Å²) < 4.78 is 11.0. The number of carboxylic acid groups (broad SMARTS) is 1. The fraction of sp³-hybridized carbons (Fsp3) is 0.519. The SMILES string of the molecule is CCCCN(CCCC)C(=O)CN1C[C@H](c2ccc3c(c2)OCO3)[C@H](C(=O)O)[C@H]1c1cccnc1. The lowest BCUT2D eigenvalue weighted by Crippen LogP contribution is -2.42. The highest BCUT2D eigenvalue weighted by atomic mass is 16.7. The smallest absolute Gasteiger partial charge is 0.309 e. The molecule has 2 aliphatic heterocycles. The van der Waals surface area contributed by atoms with Gasteiger partial charge in [-0.3, -0.25) is 19.5 Å². The summed E-state index contributed by atoms with van der Waals surface area (Å²) in [5, 5.41) is 10.4. The number of unbranched alkanes of at least 4 members (excludes halogenated alkanes) is 2. The van der Waals surface area contributed by atoms with Crippen LogP contribution in [0.3, 0.4) is 0 Å². The molecule has 3 heterocycles. The van der Waals surface area contributed by atoms with Crippen molar-refractivity contribution in [2.75, 3.05) is 33.0 Å². The minimum Gasteiger partial charge on any atom is -0.481 e. The molecule has 1 saturated heterocycles. The number of pyridine rings is 1. The third kappa shape index (κ3) is 5.59. The number of likely N-dealkylation sites (tertiary alicyclic amines) is 1. The topological polar surface area (TPSA) is 92.2 Å². The number of carbonyl (C=O) groups excluding carboxylic acids is 1. The Bertz CT molecular complexity index is 1010. The number of benzene rings is 1. The number of fused-ring (bicyclic) bond motifs is 1. The molecule has 3 atom stereocenters. The van der Waals surface area contributed by atoms with Crippen molar-refractivity contribution in [1.29, 1.82) is 0 Å². The quantitative estimate of drug-likeness (QED) is 0.517. The highest BCUT2D eigenvalue weighted by Gasteiger charge is 2.48. The highest BCUT2D eigenvalue weighted by Crippen LogP contribution is 2.47. The molecule has 1 N–H and O–H groups in total. The monoisotopic (exact) mass is 481 g/mol. The van der Waals surface area contributed by atoms with E-state index < -0.39 is 17.9 Å². The highest BCUT2D eigenvalue weighted by molar-refractivity contribution is 5.79. The van der Waals surface area contributed by atoms with E-state index in [9.17, 15) is 14.7 Å². The van der Waals surface area contributed by atoms with Crippen LogP contribution in [0.25, 0.3) is 0 Å². The zero-order valence-electron chi connectivity index (χ0n) is 20.6. The average molecular weight is 482 g/mol. The molecule has 1 aromatic heterocycles. The Hall–Kier alpha value is -3.13. The van der Waals surface area contributed by atoms with Gasteiger partial charge in [0.05, 0.1) is 18.5 Å². The van der Waals surface area contributed by atoms with Crippen molar-refractivity contribution >= 4 is 11.9 Å². The largest absolute Gasteiger partial charge is 0.481 e. The summed E-state index contributed by atoms with van der Waals surface area (Å²) in [4.78, 5) is 34.3.